The molecule has 0 fully saturated rings. The molecule has 0 radical (unpaired) electrons. The predicted octanol–water partition coefficient (Wildman–Crippen LogP) is 3.46. The van der Waals surface area contributed by atoms with E-state index >= 15 is 0 Å². The first-order valence-electron chi connectivity index (χ1n) is 10.1. The zero-order valence-electron chi connectivity index (χ0n) is 18.1. The number of benzene rings is 2. The van der Waals surface area contributed by atoms with Crippen LogP contribution in [0.15, 0.2) is 57.7 Å². The van der Waals surface area contributed by atoms with E-state index < -0.39 is 23.5 Å². The predicted molar refractivity (Wildman–Crippen MR) is 119 cm³/mol. The molecule has 0 aliphatic carbocycles. The van der Waals surface area contributed by atoms with E-state index in [9.17, 15) is 19.5 Å². The molecule has 1 amide bonds. The van der Waals surface area contributed by atoms with E-state index in [4.69, 9.17) is 13.9 Å². The molecule has 2 aromatic carbocycles. The van der Waals surface area contributed by atoms with Crippen molar-refractivity contribution >= 4 is 22.8 Å². The average Bonchev–Trinajstić information content (AvgIpc) is 2.76. The smallest absolute Gasteiger partial charge is 0.336 e. The Morgan fingerprint density at radius 2 is 1.75 bits per heavy atom. The van der Waals surface area contributed by atoms with Crippen LogP contribution in [0.1, 0.15) is 20.3 Å². The lowest BCUT2D eigenvalue weighted by molar-refractivity contribution is -0.142. The van der Waals surface area contributed by atoms with Crippen molar-refractivity contribution in [1.29, 1.82) is 0 Å². The second-order valence-corrected chi connectivity index (χ2v) is 7.74. The topological polar surface area (TPSA) is 115 Å². The van der Waals surface area contributed by atoms with Crippen LogP contribution in [-0.2, 0) is 9.59 Å². The molecule has 1 aromatic heterocycles. The maximum absolute atomic E-state index is 12.1. The number of carboxylic acid groups (broad SMARTS) is 1. The summed E-state index contributed by atoms with van der Waals surface area (Å²) < 4.78 is 16.0. The van der Waals surface area contributed by atoms with Gasteiger partial charge in [0.05, 0.1) is 7.11 Å². The highest BCUT2D eigenvalue weighted by Crippen LogP contribution is 2.30. The van der Waals surface area contributed by atoms with E-state index in [1.54, 1.807) is 31.4 Å². The lowest BCUT2D eigenvalue weighted by Gasteiger charge is -2.16. The van der Waals surface area contributed by atoms with Crippen LogP contribution < -0.4 is 20.4 Å². The van der Waals surface area contributed by atoms with Crippen LogP contribution in [0.5, 0.6) is 11.5 Å². The summed E-state index contributed by atoms with van der Waals surface area (Å²) >= 11 is 0. The zero-order chi connectivity index (χ0) is 23.3. The number of rotatable bonds is 9. The Bertz CT molecular complexity index is 1170. The number of aliphatic carboxylic acids is 1. The normalized spacial score (nSPS) is 11.9. The van der Waals surface area contributed by atoms with Crippen LogP contribution in [0.4, 0.5) is 0 Å². The van der Waals surface area contributed by atoms with E-state index in [1.807, 2.05) is 26.0 Å². The molecule has 0 spiro atoms. The largest absolute Gasteiger partial charge is 0.497 e. The van der Waals surface area contributed by atoms with Crippen molar-refractivity contribution in [2.24, 2.45) is 5.92 Å². The molecule has 0 aliphatic heterocycles. The Morgan fingerprint density at radius 1 is 1.06 bits per heavy atom. The van der Waals surface area contributed by atoms with Crippen molar-refractivity contribution in [3.8, 4) is 22.6 Å². The first-order chi connectivity index (χ1) is 15.3. The second kappa shape index (κ2) is 10.00. The number of carbonyl (C=O) groups is 2. The summed E-state index contributed by atoms with van der Waals surface area (Å²) in [6.07, 6.45) is 0.316. The SMILES string of the molecule is COc1ccc(-c2cc(=O)oc3cc(OCC(=O)NC(CC(C)C)C(=O)O)ccc23)cc1. The highest BCUT2D eigenvalue weighted by molar-refractivity contribution is 5.94. The molecule has 32 heavy (non-hydrogen) atoms. The minimum atomic E-state index is -1.09. The lowest BCUT2D eigenvalue weighted by atomic mass is 10.0. The van der Waals surface area contributed by atoms with E-state index in [0.29, 0.717) is 34.5 Å². The molecule has 1 unspecified atom stereocenters. The fraction of sp³-hybridized carbons (Fsp3) is 0.292. The van der Waals surface area contributed by atoms with Gasteiger partial charge in [-0.3, -0.25) is 4.79 Å². The van der Waals surface area contributed by atoms with Crippen molar-refractivity contribution in [3.63, 3.8) is 0 Å². The molecule has 0 bridgehead atoms. The van der Waals surface area contributed by atoms with E-state index in [-0.39, 0.29) is 12.5 Å². The van der Waals surface area contributed by atoms with Gasteiger partial charge in [0.1, 0.15) is 23.1 Å². The van der Waals surface area contributed by atoms with Crippen molar-refractivity contribution < 1.29 is 28.6 Å². The minimum Gasteiger partial charge on any atom is -0.497 e. The first-order valence-corrected chi connectivity index (χ1v) is 10.1. The maximum atomic E-state index is 12.1. The number of hydrogen-bond acceptors (Lipinski definition) is 6. The summed E-state index contributed by atoms with van der Waals surface area (Å²) in [4.78, 5) is 35.5. The van der Waals surface area contributed by atoms with Crippen LogP contribution in [0.2, 0.25) is 0 Å². The molecule has 1 heterocycles. The molecule has 3 rings (SSSR count). The second-order valence-electron chi connectivity index (χ2n) is 7.74. The minimum absolute atomic E-state index is 0.112. The molecular formula is C24H25NO7. The van der Waals surface area contributed by atoms with E-state index in [2.05, 4.69) is 5.32 Å². The van der Waals surface area contributed by atoms with Crippen molar-refractivity contribution in [2.45, 2.75) is 26.3 Å². The highest BCUT2D eigenvalue weighted by Gasteiger charge is 2.21. The number of carboxylic acids is 1. The molecule has 168 valence electrons. The van der Waals surface area contributed by atoms with Crippen LogP contribution in [0.3, 0.4) is 0 Å². The summed E-state index contributed by atoms with van der Waals surface area (Å²) in [5.41, 5.74) is 1.31. The molecule has 0 saturated carbocycles. The van der Waals surface area contributed by atoms with Gasteiger partial charge in [0.15, 0.2) is 6.61 Å². The number of ether oxygens (including phenoxy) is 2. The van der Waals surface area contributed by atoms with Gasteiger partial charge >= 0.3 is 11.6 Å². The number of methoxy groups -OCH3 is 1. The fourth-order valence-corrected chi connectivity index (χ4v) is 3.32. The molecule has 0 aliphatic rings. The Labute approximate surface area is 184 Å². The van der Waals surface area contributed by atoms with Crippen LogP contribution in [0.25, 0.3) is 22.1 Å². The van der Waals surface area contributed by atoms with Gasteiger partial charge < -0.3 is 24.3 Å². The summed E-state index contributed by atoms with van der Waals surface area (Å²) in [6.45, 7) is 3.39. The molecule has 1 atom stereocenters. The lowest BCUT2D eigenvalue weighted by Crippen LogP contribution is -2.43. The van der Waals surface area contributed by atoms with Gasteiger partial charge in [-0.15, -0.1) is 0 Å². The molecule has 8 nitrogen and oxygen atoms in total. The van der Waals surface area contributed by atoms with E-state index in [1.165, 1.54) is 12.1 Å². The summed E-state index contributed by atoms with van der Waals surface area (Å²) in [6, 6.07) is 12.7. The number of hydrogen-bond donors (Lipinski definition) is 2. The van der Waals surface area contributed by atoms with E-state index in [0.717, 1.165) is 5.56 Å². The number of fused-ring (bicyclic) bond motifs is 1. The monoisotopic (exact) mass is 439 g/mol. The summed E-state index contributed by atoms with van der Waals surface area (Å²) in [5, 5.41) is 12.4. The zero-order valence-corrected chi connectivity index (χ0v) is 18.1. The van der Waals surface area contributed by atoms with Gasteiger partial charge in [0.2, 0.25) is 0 Å². The van der Waals surface area contributed by atoms with Gasteiger partial charge in [0, 0.05) is 17.5 Å². The standard InChI is InChI=1S/C24H25NO7/c1-14(2)10-20(24(28)29)25-22(26)13-31-17-8-9-18-19(12-23(27)32-21(18)11-17)15-4-6-16(30-3)7-5-15/h4-9,11-12,14,20H,10,13H2,1-3H3,(H,25,26)(H,28,29). The highest BCUT2D eigenvalue weighted by atomic mass is 16.5. The number of amides is 1. The molecular weight excluding hydrogens is 414 g/mol. The van der Waals surface area contributed by atoms with Gasteiger partial charge in [0.25, 0.3) is 5.91 Å². The van der Waals surface area contributed by atoms with Gasteiger partial charge in [-0.2, -0.15) is 0 Å². The Balaban J connectivity index is 1.77. The molecule has 3 aromatic rings. The molecule has 0 saturated heterocycles. The van der Waals surface area contributed by atoms with Crippen molar-refractivity contribution in [2.75, 3.05) is 13.7 Å². The van der Waals surface area contributed by atoms with Gasteiger partial charge in [-0.1, -0.05) is 26.0 Å². The molecule has 2 N–H and O–H groups in total. The Morgan fingerprint density at radius 3 is 2.38 bits per heavy atom. The fourth-order valence-electron chi connectivity index (χ4n) is 3.32. The van der Waals surface area contributed by atoms with Gasteiger partial charge in [-0.25, -0.2) is 9.59 Å². The third-order valence-electron chi connectivity index (χ3n) is 4.83. The third-order valence-corrected chi connectivity index (χ3v) is 4.83. The van der Waals surface area contributed by atoms with Crippen LogP contribution in [-0.4, -0.2) is 36.7 Å². The Kier molecular flexibility index (Phi) is 7.14. The van der Waals surface area contributed by atoms with Crippen molar-refractivity contribution in [1.82, 2.24) is 5.32 Å². The Hall–Kier alpha value is -3.81. The molecule has 8 heteroatoms. The van der Waals surface area contributed by atoms with Crippen LogP contribution >= 0.6 is 0 Å². The van der Waals surface area contributed by atoms with Crippen molar-refractivity contribution in [3.05, 3.63) is 59.0 Å². The quantitative estimate of drug-likeness (QED) is 0.491. The number of nitrogens with one attached hydrogen (secondary N) is 1. The third kappa shape index (κ3) is 5.66. The summed E-state index contributed by atoms with van der Waals surface area (Å²) in [7, 11) is 1.58. The number of carbonyl (C=O) groups excluding carboxylic acids is 1. The average molecular weight is 439 g/mol. The van der Waals surface area contributed by atoms with Crippen LogP contribution in [0, 0.1) is 5.92 Å². The maximum Gasteiger partial charge on any atom is 0.336 e. The first kappa shape index (κ1) is 22.9. The summed E-state index contributed by atoms with van der Waals surface area (Å²) in [5.74, 6) is -0.510. The van der Waals surface area contributed by atoms with Gasteiger partial charge in [-0.05, 0) is 47.7 Å².